The molecule has 0 saturated carbocycles. The molecular formula is C7H11N3O2. The van der Waals surface area contributed by atoms with Gasteiger partial charge in [0, 0.05) is 12.7 Å². The Morgan fingerprint density at radius 2 is 2.25 bits per heavy atom. The topological polar surface area (TPSA) is 80.9 Å². The third-order valence-electron chi connectivity index (χ3n) is 1.54. The Balaban J connectivity index is 3.34. The number of hydrogen-bond acceptors (Lipinski definition) is 3. The van der Waals surface area contributed by atoms with Crippen molar-refractivity contribution in [3.05, 3.63) is 27.0 Å². The quantitative estimate of drug-likeness (QED) is 0.628. The first-order valence-electron chi connectivity index (χ1n) is 3.74. The predicted molar refractivity (Wildman–Crippen MR) is 46.0 cm³/mol. The summed E-state index contributed by atoms with van der Waals surface area (Å²) in [5.74, 6) is 0. The second-order valence-corrected chi connectivity index (χ2v) is 2.51. The third kappa shape index (κ3) is 1.39. The van der Waals surface area contributed by atoms with E-state index in [0.717, 1.165) is 11.0 Å². The molecule has 0 bridgehead atoms. The first-order valence-corrected chi connectivity index (χ1v) is 3.74. The SMILES string of the molecule is CCCn1c(=O)[nH]cc(N)c1=O. The Morgan fingerprint density at radius 3 is 2.83 bits per heavy atom. The number of aromatic nitrogens is 2. The first-order chi connectivity index (χ1) is 5.66. The summed E-state index contributed by atoms with van der Waals surface area (Å²) in [5.41, 5.74) is 4.57. The van der Waals surface area contributed by atoms with Crippen molar-refractivity contribution in [3.8, 4) is 0 Å². The molecule has 0 aliphatic rings. The molecular weight excluding hydrogens is 158 g/mol. The molecule has 0 amide bonds. The van der Waals surface area contributed by atoms with Crippen LogP contribution in [0.25, 0.3) is 0 Å². The highest BCUT2D eigenvalue weighted by atomic mass is 16.2. The predicted octanol–water partition coefficient (Wildman–Crippen LogP) is -0.471. The minimum atomic E-state index is -0.416. The Labute approximate surface area is 68.8 Å². The van der Waals surface area contributed by atoms with Crippen LogP contribution >= 0.6 is 0 Å². The van der Waals surface area contributed by atoms with Crippen LogP contribution < -0.4 is 17.0 Å². The molecule has 12 heavy (non-hydrogen) atoms. The van der Waals surface area contributed by atoms with E-state index < -0.39 is 11.2 Å². The zero-order valence-corrected chi connectivity index (χ0v) is 6.83. The van der Waals surface area contributed by atoms with Crippen LogP contribution in [0.15, 0.2) is 15.8 Å². The highest BCUT2D eigenvalue weighted by Gasteiger charge is 2.01. The second kappa shape index (κ2) is 3.25. The van der Waals surface area contributed by atoms with Gasteiger partial charge in [-0.1, -0.05) is 6.92 Å². The van der Waals surface area contributed by atoms with Gasteiger partial charge < -0.3 is 10.7 Å². The maximum absolute atomic E-state index is 11.2. The smallest absolute Gasteiger partial charge is 0.328 e. The lowest BCUT2D eigenvalue weighted by molar-refractivity contribution is 0.617. The lowest BCUT2D eigenvalue weighted by atomic mass is 10.4. The summed E-state index contributed by atoms with van der Waals surface area (Å²) in [6.07, 6.45) is 1.95. The number of nitrogens with zero attached hydrogens (tertiary/aromatic N) is 1. The molecule has 1 aromatic rings. The maximum Gasteiger partial charge on any atom is 0.328 e. The van der Waals surface area contributed by atoms with Crippen LogP contribution in [0.4, 0.5) is 5.69 Å². The van der Waals surface area contributed by atoms with E-state index in [-0.39, 0.29) is 5.69 Å². The van der Waals surface area contributed by atoms with Gasteiger partial charge in [0.1, 0.15) is 5.69 Å². The van der Waals surface area contributed by atoms with Crippen molar-refractivity contribution < 1.29 is 0 Å². The van der Waals surface area contributed by atoms with Gasteiger partial charge in [-0.15, -0.1) is 0 Å². The van der Waals surface area contributed by atoms with Crippen LogP contribution in [0.5, 0.6) is 0 Å². The molecule has 0 unspecified atom stereocenters. The molecule has 0 atom stereocenters. The van der Waals surface area contributed by atoms with E-state index in [1.807, 2.05) is 6.92 Å². The highest BCUT2D eigenvalue weighted by molar-refractivity contribution is 5.30. The van der Waals surface area contributed by atoms with E-state index in [1.54, 1.807) is 0 Å². The molecule has 3 N–H and O–H groups in total. The molecule has 0 radical (unpaired) electrons. The fourth-order valence-corrected chi connectivity index (χ4v) is 0.954. The van der Waals surface area contributed by atoms with Gasteiger partial charge in [0.2, 0.25) is 0 Å². The van der Waals surface area contributed by atoms with Gasteiger partial charge in [0.25, 0.3) is 5.56 Å². The summed E-state index contributed by atoms with van der Waals surface area (Å²) in [6, 6.07) is 0. The Bertz CT molecular complexity index is 377. The minimum absolute atomic E-state index is 0.0723. The van der Waals surface area contributed by atoms with Crippen LogP contribution in [0, 0.1) is 0 Å². The molecule has 0 aromatic carbocycles. The fourth-order valence-electron chi connectivity index (χ4n) is 0.954. The molecule has 5 nitrogen and oxygen atoms in total. The summed E-state index contributed by atoms with van der Waals surface area (Å²) in [4.78, 5) is 24.6. The van der Waals surface area contributed by atoms with Gasteiger partial charge in [-0.3, -0.25) is 9.36 Å². The van der Waals surface area contributed by atoms with E-state index in [9.17, 15) is 9.59 Å². The maximum atomic E-state index is 11.2. The van der Waals surface area contributed by atoms with Crippen LogP contribution in [-0.4, -0.2) is 9.55 Å². The van der Waals surface area contributed by atoms with Gasteiger partial charge in [-0.25, -0.2) is 4.79 Å². The van der Waals surface area contributed by atoms with Crippen LogP contribution in [0.1, 0.15) is 13.3 Å². The largest absolute Gasteiger partial charge is 0.393 e. The molecule has 0 aliphatic heterocycles. The number of anilines is 1. The van der Waals surface area contributed by atoms with Crippen molar-refractivity contribution in [1.29, 1.82) is 0 Å². The van der Waals surface area contributed by atoms with Gasteiger partial charge in [-0.2, -0.15) is 0 Å². The van der Waals surface area contributed by atoms with Crippen molar-refractivity contribution in [2.75, 3.05) is 5.73 Å². The molecule has 1 heterocycles. The molecule has 0 saturated heterocycles. The van der Waals surface area contributed by atoms with E-state index in [2.05, 4.69) is 4.98 Å². The van der Waals surface area contributed by atoms with Crippen molar-refractivity contribution >= 4 is 5.69 Å². The Hall–Kier alpha value is -1.52. The summed E-state index contributed by atoms with van der Waals surface area (Å²) >= 11 is 0. The average molecular weight is 169 g/mol. The monoisotopic (exact) mass is 169 g/mol. The summed E-state index contributed by atoms with van der Waals surface area (Å²) < 4.78 is 1.09. The van der Waals surface area contributed by atoms with Crippen LogP contribution in [-0.2, 0) is 6.54 Å². The minimum Gasteiger partial charge on any atom is -0.393 e. The van der Waals surface area contributed by atoms with Gasteiger partial charge in [-0.05, 0) is 6.42 Å². The van der Waals surface area contributed by atoms with Gasteiger partial charge >= 0.3 is 5.69 Å². The number of rotatable bonds is 2. The average Bonchev–Trinajstić information content (AvgIpc) is 2.06. The molecule has 1 aromatic heterocycles. The van der Waals surface area contributed by atoms with Crippen LogP contribution in [0.3, 0.4) is 0 Å². The van der Waals surface area contributed by atoms with E-state index in [1.165, 1.54) is 6.20 Å². The standard InChI is InChI=1S/C7H11N3O2/c1-2-3-10-6(11)5(8)4-9-7(10)12/h4H,2-3,8H2,1H3,(H,9,12). The highest BCUT2D eigenvalue weighted by Crippen LogP contribution is 1.85. The fraction of sp³-hybridized carbons (Fsp3) is 0.429. The lowest BCUT2D eigenvalue weighted by Crippen LogP contribution is -2.35. The van der Waals surface area contributed by atoms with Gasteiger partial charge in [0.15, 0.2) is 0 Å². The van der Waals surface area contributed by atoms with Gasteiger partial charge in [0.05, 0.1) is 0 Å². The third-order valence-corrected chi connectivity index (χ3v) is 1.54. The summed E-state index contributed by atoms with van der Waals surface area (Å²) in [6.45, 7) is 2.29. The normalized spacial score (nSPS) is 10.1. The number of hydrogen-bond donors (Lipinski definition) is 2. The first kappa shape index (κ1) is 8.58. The second-order valence-electron chi connectivity index (χ2n) is 2.51. The Morgan fingerprint density at radius 1 is 1.58 bits per heavy atom. The summed E-state index contributed by atoms with van der Waals surface area (Å²) in [7, 11) is 0. The van der Waals surface area contributed by atoms with Crippen molar-refractivity contribution in [2.45, 2.75) is 19.9 Å². The van der Waals surface area contributed by atoms with Crippen molar-refractivity contribution in [3.63, 3.8) is 0 Å². The Kier molecular flexibility index (Phi) is 2.32. The molecule has 5 heteroatoms. The summed E-state index contributed by atoms with van der Waals surface area (Å²) in [5, 5.41) is 0. The number of nitrogen functional groups attached to an aromatic ring is 1. The number of aromatic amines is 1. The number of nitrogens with two attached hydrogens (primary N) is 1. The molecule has 0 fully saturated rings. The van der Waals surface area contributed by atoms with E-state index in [4.69, 9.17) is 5.73 Å². The van der Waals surface area contributed by atoms with Crippen molar-refractivity contribution in [1.82, 2.24) is 9.55 Å². The number of nitrogens with one attached hydrogen (secondary N) is 1. The molecule has 0 spiro atoms. The van der Waals surface area contributed by atoms with Crippen molar-refractivity contribution in [2.24, 2.45) is 0 Å². The van der Waals surface area contributed by atoms with Crippen LogP contribution in [0.2, 0.25) is 0 Å². The van der Waals surface area contributed by atoms with E-state index >= 15 is 0 Å². The molecule has 66 valence electrons. The lowest BCUT2D eigenvalue weighted by Gasteiger charge is -2.01. The zero-order valence-electron chi connectivity index (χ0n) is 6.83. The number of H-pyrrole nitrogens is 1. The molecule has 0 aliphatic carbocycles. The molecule has 1 rings (SSSR count). The van der Waals surface area contributed by atoms with E-state index in [0.29, 0.717) is 6.54 Å². The zero-order chi connectivity index (χ0) is 9.14.